The van der Waals surface area contributed by atoms with Crippen molar-refractivity contribution in [2.24, 2.45) is 5.73 Å². The van der Waals surface area contributed by atoms with Crippen LogP contribution in [0.3, 0.4) is 0 Å². The summed E-state index contributed by atoms with van der Waals surface area (Å²) in [5.41, 5.74) is 8.67. The molecule has 2 aromatic heterocycles. The summed E-state index contributed by atoms with van der Waals surface area (Å²) < 4.78 is 1.98. The van der Waals surface area contributed by atoms with Crippen molar-refractivity contribution in [2.75, 3.05) is 11.9 Å². The molecule has 154 valence electrons. The molecule has 0 bridgehead atoms. The lowest BCUT2D eigenvalue weighted by Gasteiger charge is -2.27. The number of hydrogen-bond donors (Lipinski definition) is 3. The van der Waals surface area contributed by atoms with Gasteiger partial charge in [-0.2, -0.15) is 0 Å². The molecule has 0 aliphatic heterocycles. The van der Waals surface area contributed by atoms with E-state index in [0.717, 1.165) is 11.1 Å². The zero-order valence-electron chi connectivity index (χ0n) is 17.2. The summed E-state index contributed by atoms with van der Waals surface area (Å²) in [4.78, 5) is 14.0. The number of nitrogens with one attached hydrogen (secondary N) is 1. The second-order valence-electron chi connectivity index (χ2n) is 7.65. The third kappa shape index (κ3) is 3.65. The highest BCUT2D eigenvalue weighted by molar-refractivity contribution is 5.83. The van der Waals surface area contributed by atoms with Gasteiger partial charge in [-0.1, -0.05) is 60.7 Å². The van der Waals surface area contributed by atoms with Crippen LogP contribution in [0, 0.1) is 0 Å². The van der Waals surface area contributed by atoms with Crippen molar-refractivity contribution in [3.8, 4) is 0 Å². The molecular weight excluding hydrogens is 376 g/mol. The van der Waals surface area contributed by atoms with E-state index in [0.29, 0.717) is 29.4 Å². The van der Waals surface area contributed by atoms with E-state index in [2.05, 4.69) is 24.1 Å². The highest BCUT2D eigenvalue weighted by atomic mass is 16.3. The highest BCUT2D eigenvalue weighted by Crippen LogP contribution is 2.29. The van der Waals surface area contributed by atoms with Gasteiger partial charge in [0.2, 0.25) is 0 Å². The Balaban J connectivity index is 1.84. The first-order valence-electron chi connectivity index (χ1n) is 10.0. The minimum atomic E-state index is -1.23. The first kappa shape index (κ1) is 20.0. The summed E-state index contributed by atoms with van der Waals surface area (Å²) in [6, 6.07) is 19.7. The van der Waals surface area contributed by atoms with Crippen molar-refractivity contribution in [3.05, 3.63) is 83.9 Å². The predicted molar refractivity (Wildman–Crippen MR) is 118 cm³/mol. The number of fused-ring (bicyclic) bond motifs is 1. The van der Waals surface area contributed by atoms with Gasteiger partial charge in [-0.05, 0) is 25.0 Å². The number of rotatable bonds is 7. The standard InChI is InChI=1S/C23H26N6O/c1-16(2)29-15-26-19-20(25-13-17-9-5-3-6-10-17)27-22(28-21(19)29)23(24,14-30)18-11-7-4-8-12-18/h3-12,15-16,30H,13-14,24H2,1-2H3,(H,25,27,28)/t23-/m1/s1. The Morgan fingerprint density at radius 3 is 2.33 bits per heavy atom. The van der Waals surface area contributed by atoms with E-state index in [9.17, 15) is 5.11 Å². The van der Waals surface area contributed by atoms with E-state index in [1.807, 2.05) is 65.2 Å². The van der Waals surface area contributed by atoms with Gasteiger partial charge in [0.25, 0.3) is 0 Å². The SMILES string of the molecule is CC(C)n1cnc2c(NCc3ccccc3)nc([C@@](N)(CO)c3ccccc3)nc21. The molecule has 0 saturated carbocycles. The van der Waals surface area contributed by atoms with Gasteiger partial charge < -0.3 is 20.7 Å². The lowest BCUT2D eigenvalue weighted by Crippen LogP contribution is -2.43. The molecule has 7 heteroatoms. The average Bonchev–Trinajstić information content (AvgIpc) is 3.23. The zero-order valence-corrected chi connectivity index (χ0v) is 17.2. The van der Waals surface area contributed by atoms with Crippen molar-refractivity contribution in [2.45, 2.75) is 32.0 Å². The first-order valence-corrected chi connectivity index (χ1v) is 10.0. The summed E-state index contributed by atoms with van der Waals surface area (Å²) in [6.07, 6.45) is 1.77. The van der Waals surface area contributed by atoms with Crippen molar-refractivity contribution in [1.82, 2.24) is 19.5 Å². The van der Waals surface area contributed by atoms with Crippen molar-refractivity contribution >= 4 is 17.0 Å². The summed E-state index contributed by atoms with van der Waals surface area (Å²) in [5, 5.41) is 13.6. The quantitative estimate of drug-likeness (QED) is 0.439. The summed E-state index contributed by atoms with van der Waals surface area (Å²) in [5.74, 6) is 0.944. The van der Waals surface area contributed by atoms with Gasteiger partial charge in [0.15, 0.2) is 17.3 Å². The first-order chi connectivity index (χ1) is 14.5. The van der Waals surface area contributed by atoms with Crippen molar-refractivity contribution in [3.63, 3.8) is 0 Å². The predicted octanol–water partition coefficient (Wildman–Crippen LogP) is 3.21. The topological polar surface area (TPSA) is 102 Å². The van der Waals surface area contributed by atoms with Crippen LogP contribution in [-0.4, -0.2) is 31.2 Å². The molecule has 0 fully saturated rings. The van der Waals surface area contributed by atoms with Gasteiger partial charge in [-0.15, -0.1) is 0 Å². The smallest absolute Gasteiger partial charge is 0.166 e. The maximum Gasteiger partial charge on any atom is 0.166 e. The number of anilines is 1. The van der Waals surface area contributed by atoms with Gasteiger partial charge >= 0.3 is 0 Å². The van der Waals surface area contributed by atoms with E-state index in [1.165, 1.54) is 0 Å². The van der Waals surface area contributed by atoms with Gasteiger partial charge in [0.05, 0.1) is 12.9 Å². The molecule has 30 heavy (non-hydrogen) atoms. The normalized spacial score (nSPS) is 13.5. The van der Waals surface area contributed by atoms with Crippen molar-refractivity contribution in [1.29, 1.82) is 0 Å². The maximum atomic E-state index is 10.2. The number of nitrogens with two attached hydrogens (primary N) is 1. The van der Waals surface area contributed by atoms with Crippen LogP contribution in [0.2, 0.25) is 0 Å². The lowest BCUT2D eigenvalue weighted by molar-refractivity contribution is 0.217. The lowest BCUT2D eigenvalue weighted by atomic mass is 9.91. The minimum Gasteiger partial charge on any atom is -0.394 e. The molecule has 0 amide bonds. The van der Waals surface area contributed by atoms with E-state index in [1.54, 1.807) is 6.33 Å². The van der Waals surface area contributed by atoms with Crippen LogP contribution in [0.4, 0.5) is 5.82 Å². The Labute approximate surface area is 175 Å². The van der Waals surface area contributed by atoms with Crippen LogP contribution in [0.5, 0.6) is 0 Å². The molecule has 2 aromatic carbocycles. The Bertz CT molecular complexity index is 1130. The fraction of sp³-hybridized carbons (Fsp3) is 0.261. The molecule has 2 heterocycles. The van der Waals surface area contributed by atoms with Crippen LogP contribution in [0.25, 0.3) is 11.2 Å². The minimum absolute atomic E-state index is 0.165. The van der Waals surface area contributed by atoms with Crippen LogP contribution < -0.4 is 11.1 Å². The molecule has 4 aromatic rings. The van der Waals surface area contributed by atoms with E-state index < -0.39 is 5.54 Å². The van der Waals surface area contributed by atoms with Crippen molar-refractivity contribution < 1.29 is 5.11 Å². The van der Waals surface area contributed by atoms with Gasteiger partial charge in [0, 0.05) is 12.6 Å². The van der Waals surface area contributed by atoms with Crippen LogP contribution in [0.15, 0.2) is 67.0 Å². The molecule has 4 N–H and O–H groups in total. The van der Waals surface area contributed by atoms with Crippen LogP contribution >= 0.6 is 0 Å². The monoisotopic (exact) mass is 402 g/mol. The number of hydrogen-bond acceptors (Lipinski definition) is 6. The number of benzene rings is 2. The maximum absolute atomic E-state index is 10.2. The Morgan fingerprint density at radius 2 is 1.70 bits per heavy atom. The molecule has 0 spiro atoms. The van der Waals surface area contributed by atoms with E-state index in [-0.39, 0.29) is 12.6 Å². The zero-order chi connectivity index (χ0) is 21.1. The van der Waals surface area contributed by atoms with Crippen LogP contribution in [-0.2, 0) is 12.1 Å². The van der Waals surface area contributed by atoms with E-state index >= 15 is 0 Å². The number of aliphatic hydroxyl groups is 1. The number of aromatic nitrogens is 4. The average molecular weight is 403 g/mol. The highest BCUT2D eigenvalue weighted by Gasteiger charge is 2.34. The molecule has 0 unspecified atom stereocenters. The molecule has 0 radical (unpaired) electrons. The fourth-order valence-corrected chi connectivity index (χ4v) is 3.43. The molecule has 0 aliphatic rings. The van der Waals surface area contributed by atoms with Crippen LogP contribution in [0.1, 0.15) is 36.8 Å². The van der Waals surface area contributed by atoms with E-state index in [4.69, 9.17) is 15.7 Å². The number of nitrogens with zero attached hydrogens (tertiary/aromatic N) is 4. The molecular formula is C23H26N6O. The Kier molecular flexibility index (Phi) is 5.48. The Hall–Kier alpha value is -3.29. The van der Waals surface area contributed by atoms with Gasteiger partial charge in [-0.25, -0.2) is 15.0 Å². The number of imidazole rings is 1. The largest absolute Gasteiger partial charge is 0.394 e. The molecule has 4 rings (SSSR count). The molecule has 0 aliphatic carbocycles. The third-order valence-corrected chi connectivity index (χ3v) is 5.22. The summed E-state index contributed by atoms with van der Waals surface area (Å²) in [7, 11) is 0. The molecule has 0 saturated heterocycles. The summed E-state index contributed by atoms with van der Waals surface area (Å²) >= 11 is 0. The Morgan fingerprint density at radius 1 is 1.03 bits per heavy atom. The second-order valence-corrected chi connectivity index (χ2v) is 7.65. The van der Waals surface area contributed by atoms with Gasteiger partial charge in [0.1, 0.15) is 11.1 Å². The second kappa shape index (κ2) is 8.22. The fourth-order valence-electron chi connectivity index (χ4n) is 3.43. The third-order valence-electron chi connectivity index (χ3n) is 5.22. The summed E-state index contributed by atoms with van der Waals surface area (Å²) in [6.45, 7) is 4.40. The molecule has 7 nitrogen and oxygen atoms in total. The number of aliphatic hydroxyl groups excluding tert-OH is 1. The molecule has 1 atom stereocenters. The van der Waals surface area contributed by atoms with Gasteiger partial charge in [-0.3, -0.25) is 0 Å².